The Labute approximate surface area is 203 Å². The summed E-state index contributed by atoms with van der Waals surface area (Å²) in [4.78, 5) is 1.32. The molecule has 0 saturated heterocycles. The van der Waals surface area contributed by atoms with Crippen LogP contribution in [0.3, 0.4) is 0 Å². The lowest BCUT2D eigenvalue weighted by molar-refractivity contribution is 0.304. The lowest BCUT2D eigenvalue weighted by Crippen LogP contribution is -2.31. The van der Waals surface area contributed by atoms with Crippen LogP contribution in [0.4, 0.5) is 0 Å². The zero-order chi connectivity index (χ0) is 23.9. The van der Waals surface area contributed by atoms with Crippen LogP contribution >= 0.6 is 11.8 Å². The van der Waals surface area contributed by atoms with E-state index in [1.807, 2.05) is 25.6 Å². The second-order valence-corrected chi connectivity index (χ2v) is 11.1. The molecule has 0 bridgehead atoms. The van der Waals surface area contributed by atoms with E-state index in [1.165, 1.54) is 75.5 Å². The Kier molecular flexibility index (Phi) is 15.7. The molecule has 4 nitrogen and oxygen atoms in total. The van der Waals surface area contributed by atoms with E-state index in [9.17, 15) is 0 Å². The lowest BCUT2D eigenvalue weighted by atomic mass is 9.87. The van der Waals surface area contributed by atoms with E-state index >= 15 is 0 Å². The van der Waals surface area contributed by atoms with Crippen molar-refractivity contribution in [3.63, 3.8) is 0 Å². The van der Waals surface area contributed by atoms with Gasteiger partial charge in [0.25, 0.3) is 0 Å². The average Bonchev–Trinajstić information content (AvgIpc) is 3.07. The molecular weight excluding hydrogens is 416 g/mol. The van der Waals surface area contributed by atoms with Crippen molar-refractivity contribution in [2.75, 3.05) is 7.11 Å². The second-order valence-electron chi connectivity index (χ2n) is 9.75. The lowest BCUT2D eigenvalue weighted by Gasteiger charge is -2.24. The number of nitrogens with one attached hydrogen (secondary N) is 1. The summed E-state index contributed by atoms with van der Waals surface area (Å²) in [7, 11) is 1.00. The summed E-state index contributed by atoms with van der Waals surface area (Å²) in [6, 6.07) is 0.615. The maximum atomic E-state index is 7.00. The molecule has 0 aromatic carbocycles. The number of aliphatic hydroxyl groups is 1. The molecule has 0 aliphatic heterocycles. The largest absolute Gasteiger partial charge is 0.400 e. The first kappa shape index (κ1) is 29.5. The Bertz CT molecular complexity index is 586. The first-order chi connectivity index (χ1) is 15.5. The molecule has 0 spiro atoms. The number of nitrogens with zero attached hydrogens (tertiary/aromatic N) is 1. The van der Waals surface area contributed by atoms with Gasteiger partial charge in [-0.3, -0.25) is 0 Å². The predicted molar refractivity (Wildman–Crippen MR) is 139 cm³/mol. The second kappa shape index (κ2) is 17.0. The number of aliphatic hydroxyl groups excluding tert-OH is 1. The van der Waals surface area contributed by atoms with Crippen LogP contribution in [0.5, 0.6) is 0 Å². The van der Waals surface area contributed by atoms with Crippen LogP contribution in [0.2, 0.25) is 0 Å². The topological polar surface area (TPSA) is 58.3 Å². The minimum atomic E-state index is 0.615. The van der Waals surface area contributed by atoms with Crippen molar-refractivity contribution in [2.24, 2.45) is 17.8 Å². The number of aromatic nitrogens is 1. The molecule has 4 unspecified atom stereocenters. The van der Waals surface area contributed by atoms with Crippen molar-refractivity contribution in [1.29, 1.82) is 0 Å². The number of hydrogen-bond donors (Lipinski definition) is 2. The van der Waals surface area contributed by atoms with Gasteiger partial charge >= 0.3 is 0 Å². The first-order valence-electron chi connectivity index (χ1n) is 13.3. The summed E-state index contributed by atoms with van der Waals surface area (Å²) in [5.41, 5.74) is 1.08. The van der Waals surface area contributed by atoms with E-state index in [1.54, 1.807) is 0 Å². The maximum absolute atomic E-state index is 7.00. The number of aryl methyl sites for hydroxylation is 1. The molecule has 2 fully saturated rings. The Morgan fingerprint density at radius 2 is 1.78 bits per heavy atom. The fourth-order valence-corrected chi connectivity index (χ4v) is 6.47. The van der Waals surface area contributed by atoms with E-state index in [-0.39, 0.29) is 0 Å². The van der Waals surface area contributed by atoms with Gasteiger partial charge in [0.1, 0.15) is 0 Å². The Balaban J connectivity index is 0.00000121. The van der Waals surface area contributed by atoms with Crippen LogP contribution in [0, 0.1) is 24.7 Å². The van der Waals surface area contributed by atoms with Crippen LogP contribution < -0.4 is 5.32 Å². The van der Waals surface area contributed by atoms with Gasteiger partial charge in [0.15, 0.2) is 5.76 Å². The van der Waals surface area contributed by atoms with E-state index in [2.05, 4.69) is 38.2 Å². The third-order valence-electron chi connectivity index (χ3n) is 7.07. The van der Waals surface area contributed by atoms with Crippen molar-refractivity contribution < 1.29 is 9.63 Å². The van der Waals surface area contributed by atoms with Crippen molar-refractivity contribution in [3.05, 3.63) is 11.5 Å². The maximum Gasteiger partial charge on any atom is 0.164 e. The van der Waals surface area contributed by atoms with Crippen molar-refractivity contribution in [2.45, 2.75) is 135 Å². The molecule has 2 N–H and O–H groups in total. The van der Waals surface area contributed by atoms with Crippen molar-refractivity contribution >= 4 is 11.8 Å². The number of thioether (sulfide) groups is 1. The minimum absolute atomic E-state index is 0.615. The van der Waals surface area contributed by atoms with E-state index in [4.69, 9.17) is 9.63 Å². The summed E-state index contributed by atoms with van der Waals surface area (Å²) in [6.07, 6.45) is 15.0. The highest BCUT2D eigenvalue weighted by Gasteiger charge is 2.26. The van der Waals surface area contributed by atoms with Gasteiger partial charge in [-0.2, -0.15) is 0 Å². The third-order valence-corrected chi connectivity index (χ3v) is 8.63. The molecule has 4 atom stereocenters. The molecule has 1 aromatic rings. The predicted octanol–water partition coefficient (Wildman–Crippen LogP) is 7.76. The van der Waals surface area contributed by atoms with E-state index in [0.29, 0.717) is 6.04 Å². The van der Waals surface area contributed by atoms with Gasteiger partial charge in [0.2, 0.25) is 0 Å². The molecule has 3 rings (SSSR count). The third kappa shape index (κ3) is 10.2. The molecule has 188 valence electrons. The molecule has 1 aromatic heterocycles. The van der Waals surface area contributed by atoms with Gasteiger partial charge in [0, 0.05) is 18.4 Å². The summed E-state index contributed by atoms with van der Waals surface area (Å²) in [6.45, 7) is 14.1. The fourth-order valence-electron chi connectivity index (χ4n) is 5.12. The SMILES string of the molecule is CC.CCC(C)CC1CCC(C)CC(NCc2onc(C)c2SC2CCCCC2)C1.CO. The smallest absolute Gasteiger partial charge is 0.164 e. The molecule has 0 amide bonds. The summed E-state index contributed by atoms with van der Waals surface area (Å²) in [5.74, 6) is 3.63. The van der Waals surface area contributed by atoms with Crippen molar-refractivity contribution in [1.82, 2.24) is 10.5 Å². The van der Waals surface area contributed by atoms with E-state index < -0.39 is 0 Å². The monoisotopic (exact) mass is 468 g/mol. The van der Waals surface area contributed by atoms with Crippen molar-refractivity contribution in [3.8, 4) is 0 Å². The van der Waals surface area contributed by atoms with Crippen LogP contribution in [-0.4, -0.2) is 28.7 Å². The Morgan fingerprint density at radius 3 is 2.44 bits per heavy atom. The first-order valence-corrected chi connectivity index (χ1v) is 14.2. The molecule has 2 aliphatic rings. The summed E-state index contributed by atoms with van der Waals surface area (Å²) in [5, 5.41) is 15.9. The van der Waals surface area contributed by atoms with Crippen LogP contribution in [0.1, 0.15) is 117 Å². The minimum Gasteiger partial charge on any atom is -0.400 e. The Hall–Kier alpha value is -0.520. The zero-order valence-electron chi connectivity index (χ0n) is 22.1. The van der Waals surface area contributed by atoms with Crippen LogP contribution in [-0.2, 0) is 6.54 Å². The fraction of sp³-hybridized carbons (Fsp3) is 0.889. The number of hydrogen-bond acceptors (Lipinski definition) is 5. The highest BCUT2D eigenvalue weighted by atomic mass is 32.2. The van der Waals surface area contributed by atoms with Gasteiger partial charge in [0.05, 0.1) is 17.1 Å². The molecule has 32 heavy (non-hydrogen) atoms. The van der Waals surface area contributed by atoms with Gasteiger partial charge in [-0.15, -0.1) is 11.8 Å². The number of rotatable bonds is 8. The summed E-state index contributed by atoms with van der Waals surface area (Å²) >= 11 is 2.03. The molecule has 0 radical (unpaired) electrons. The molecule has 2 aliphatic carbocycles. The molecule has 2 saturated carbocycles. The average molecular weight is 469 g/mol. The van der Waals surface area contributed by atoms with E-state index in [0.717, 1.165) is 48.1 Å². The standard InChI is InChI=1S/C24H42N2OS.C2H6.CH4O/c1-5-17(2)13-20-12-11-18(3)14-21(15-20)25-16-23-24(19(4)26-27-23)28-22-9-7-6-8-10-22;2*1-2/h17-18,20-22,25H,5-16H2,1-4H3;1-2H3;2H,1H3. The molecular formula is C27H52N2O2S. The summed E-state index contributed by atoms with van der Waals surface area (Å²) < 4.78 is 5.76. The van der Waals surface area contributed by atoms with Crippen LogP contribution in [0.15, 0.2) is 9.42 Å². The Morgan fingerprint density at radius 1 is 1.09 bits per heavy atom. The quantitative estimate of drug-likeness (QED) is 0.382. The van der Waals surface area contributed by atoms with Gasteiger partial charge in [-0.25, -0.2) is 0 Å². The normalized spacial score (nSPS) is 25.1. The van der Waals surface area contributed by atoms with Gasteiger partial charge < -0.3 is 14.9 Å². The molecule has 5 heteroatoms. The van der Waals surface area contributed by atoms with Gasteiger partial charge in [-0.1, -0.05) is 78.3 Å². The zero-order valence-corrected chi connectivity index (χ0v) is 22.9. The highest BCUT2D eigenvalue weighted by Crippen LogP contribution is 2.37. The van der Waals surface area contributed by atoms with Gasteiger partial charge in [-0.05, 0) is 56.8 Å². The van der Waals surface area contributed by atoms with Crippen LogP contribution in [0.25, 0.3) is 0 Å². The molecule has 1 heterocycles. The highest BCUT2D eigenvalue weighted by molar-refractivity contribution is 8.00.